The van der Waals surface area contributed by atoms with Gasteiger partial charge in [0, 0.05) is 11.5 Å². The molecule has 0 saturated heterocycles. The van der Waals surface area contributed by atoms with E-state index >= 15 is 0 Å². The number of cyclic esters (lactones) is 1. The second-order valence-electron chi connectivity index (χ2n) is 5.97. The van der Waals surface area contributed by atoms with Crippen LogP contribution in [0.15, 0.2) is 53.5 Å². The third kappa shape index (κ3) is 2.16. The fourth-order valence-electron chi connectivity index (χ4n) is 3.19. The van der Waals surface area contributed by atoms with Gasteiger partial charge in [0.15, 0.2) is 17.0 Å². The van der Waals surface area contributed by atoms with Crippen molar-refractivity contribution in [2.75, 3.05) is 14.2 Å². The van der Waals surface area contributed by atoms with Gasteiger partial charge in [0.25, 0.3) is 0 Å². The van der Waals surface area contributed by atoms with Crippen molar-refractivity contribution >= 4 is 11.9 Å². The molecule has 24 heavy (non-hydrogen) atoms. The van der Waals surface area contributed by atoms with Crippen LogP contribution < -0.4 is 9.47 Å². The van der Waals surface area contributed by atoms with Crippen LogP contribution >= 0.6 is 0 Å². The summed E-state index contributed by atoms with van der Waals surface area (Å²) in [5, 5.41) is 0. The summed E-state index contributed by atoms with van der Waals surface area (Å²) >= 11 is 0. The van der Waals surface area contributed by atoms with Crippen LogP contribution in [0.25, 0.3) is 0 Å². The molecule has 0 radical (unpaired) electrons. The van der Waals surface area contributed by atoms with Gasteiger partial charge in [0.2, 0.25) is 5.90 Å². The minimum absolute atomic E-state index is 0.00557. The normalized spacial score (nSPS) is 24.5. The molecule has 1 aliphatic heterocycles. The van der Waals surface area contributed by atoms with Gasteiger partial charge >= 0.3 is 5.97 Å². The number of methoxy groups -OCH3 is 2. The topological polar surface area (TPSA) is 57.1 Å². The molecule has 1 aliphatic carbocycles. The Hall–Kier alpha value is -2.82. The van der Waals surface area contributed by atoms with E-state index in [1.165, 1.54) is 0 Å². The van der Waals surface area contributed by atoms with Gasteiger partial charge in [-0.1, -0.05) is 24.3 Å². The van der Waals surface area contributed by atoms with E-state index in [2.05, 4.69) is 4.99 Å². The van der Waals surface area contributed by atoms with Crippen LogP contribution in [0.4, 0.5) is 0 Å². The molecule has 2 aliphatic rings. The molecule has 2 aromatic carbocycles. The van der Waals surface area contributed by atoms with Gasteiger partial charge in [0.05, 0.1) is 14.2 Å². The maximum Gasteiger partial charge on any atom is 0.341 e. The summed E-state index contributed by atoms with van der Waals surface area (Å²) in [6, 6.07) is 15.2. The van der Waals surface area contributed by atoms with E-state index in [4.69, 9.17) is 14.2 Å². The Morgan fingerprint density at radius 3 is 2.54 bits per heavy atom. The van der Waals surface area contributed by atoms with Crippen LogP contribution in [0.5, 0.6) is 11.5 Å². The first-order valence-corrected chi connectivity index (χ1v) is 7.77. The number of carbonyl (C=O) groups excluding carboxylic acids is 1. The van der Waals surface area contributed by atoms with Gasteiger partial charge in [-0.3, -0.25) is 0 Å². The number of hydrogen-bond acceptors (Lipinski definition) is 5. The summed E-state index contributed by atoms with van der Waals surface area (Å²) in [5.74, 6) is 1.45. The van der Waals surface area contributed by atoms with Crippen molar-refractivity contribution in [3.05, 3.63) is 59.7 Å². The average Bonchev–Trinajstić information content (AvgIpc) is 3.27. The van der Waals surface area contributed by atoms with E-state index in [1.54, 1.807) is 14.2 Å². The second kappa shape index (κ2) is 5.37. The van der Waals surface area contributed by atoms with Crippen molar-refractivity contribution in [3.63, 3.8) is 0 Å². The van der Waals surface area contributed by atoms with Crippen molar-refractivity contribution < 1.29 is 19.0 Å². The summed E-state index contributed by atoms with van der Waals surface area (Å²) in [6.45, 7) is 0. The molecule has 2 atom stereocenters. The lowest BCUT2D eigenvalue weighted by atomic mass is 10.1. The molecule has 1 saturated carbocycles. The fraction of sp³-hybridized carbons (Fsp3) is 0.263. The highest BCUT2D eigenvalue weighted by molar-refractivity contribution is 6.10. The van der Waals surface area contributed by atoms with E-state index in [0.29, 0.717) is 23.8 Å². The molecule has 0 bridgehead atoms. The molecule has 2 aromatic rings. The Bertz CT molecular complexity index is 831. The molecule has 1 spiro atoms. The first kappa shape index (κ1) is 14.8. The Kier molecular flexibility index (Phi) is 3.30. The molecule has 5 nitrogen and oxygen atoms in total. The molecule has 5 heteroatoms. The van der Waals surface area contributed by atoms with Gasteiger partial charge in [-0.05, 0) is 36.2 Å². The Labute approximate surface area is 139 Å². The molecular weight excluding hydrogens is 306 g/mol. The zero-order valence-corrected chi connectivity index (χ0v) is 13.5. The molecule has 1 fully saturated rings. The number of rotatable bonds is 4. The average molecular weight is 323 g/mol. The Morgan fingerprint density at radius 2 is 1.83 bits per heavy atom. The predicted molar refractivity (Wildman–Crippen MR) is 88.7 cm³/mol. The van der Waals surface area contributed by atoms with Crippen LogP contribution in [-0.2, 0) is 9.53 Å². The highest BCUT2D eigenvalue weighted by Gasteiger charge is 2.65. The SMILES string of the molecule is COc1ccc([C@@H]2C[C@@]23N=C(c2ccccc2)OC3=O)cc1OC. The molecule has 4 rings (SSSR count). The number of carbonyl (C=O) groups is 1. The third-order valence-corrected chi connectivity index (χ3v) is 4.61. The summed E-state index contributed by atoms with van der Waals surface area (Å²) in [6.07, 6.45) is 0.650. The molecular formula is C19H17NO4. The van der Waals surface area contributed by atoms with Crippen molar-refractivity contribution in [2.24, 2.45) is 4.99 Å². The van der Waals surface area contributed by atoms with Crippen LogP contribution in [-0.4, -0.2) is 31.6 Å². The molecule has 1 heterocycles. The van der Waals surface area contributed by atoms with Crippen molar-refractivity contribution in [1.82, 2.24) is 0 Å². The second-order valence-corrected chi connectivity index (χ2v) is 5.97. The third-order valence-electron chi connectivity index (χ3n) is 4.61. The van der Waals surface area contributed by atoms with Crippen molar-refractivity contribution in [3.8, 4) is 11.5 Å². The first-order chi connectivity index (χ1) is 11.7. The van der Waals surface area contributed by atoms with Crippen LogP contribution in [0, 0.1) is 0 Å². The summed E-state index contributed by atoms with van der Waals surface area (Å²) in [4.78, 5) is 17.0. The maximum absolute atomic E-state index is 12.4. The number of benzene rings is 2. The lowest BCUT2D eigenvalue weighted by molar-refractivity contribution is -0.136. The van der Waals surface area contributed by atoms with Gasteiger partial charge in [-0.2, -0.15) is 0 Å². The van der Waals surface area contributed by atoms with E-state index in [9.17, 15) is 4.79 Å². The van der Waals surface area contributed by atoms with E-state index in [-0.39, 0.29) is 11.9 Å². The summed E-state index contributed by atoms with van der Waals surface area (Å²) in [7, 11) is 3.20. The summed E-state index contributed by atoms with van der Waals surface area (Å²) < 4.78 is 16.0. The van der Waals surface area contributed by atoms with Gasteiger partial charge in [-0.15, -0.1) is 0 Å². The standard InChI is InChI=1S/C19H17NO4/c1-22-15-9-8-13(10-16(15)23-2)14-11-19(14)18(21)24-17(20-19)12-6-4-3-5-7-12/h3-10,14H,11H2,1-2H3/t14-,19+/m0/s1. The maximum atomic E-state index is 12.4. The zero-order valence-electron chi connectivity index (χ0n) is 13.5. The van der Waals surface area contributed by atoms with E-state index in [0.717, 1.165) is 11.1 Å². The number of esters is 1. The molecule has 0 unspecified atom stereocenters. The Morgan fingerprint density at radius 1 is 1.08 bits per heavy atom. The molecule has 0 aromatic heterocycles. The Balaban J connectivity index is 1.65. The quantitative estimate of drug-likeness (QED) is 0.812. The number of ether oxygens (including phenoxy) is 3. The van der Waals surface area contributed by atoms with Crippen LogP contribution in [0.2, 0.25) is 0 Å². The monoisotopic (exact) mass is 323 g/mol. The molecule has 122 valence electrons. The number of nitrogens with zero attached hydrogens (tertiary/aromatic N) is 1. The zero-order chi connectivity index (χ0) is 16.7. The minimum Gasteiger partial charge on any atom is -0.493 e. The first-order valence-electron chi connectivity index (χ1n) is 7.77. The van der Waals surface area contributed by atoms with Crippen molar-refractivity contribution in [1.29, 1.82) is 0 Å². The lowest BCUT2D eigenvalue weighted by Crippen LogP contribution is -2.18. The van der Waals surface area contributed by atoms with Crippen molar-refractivity contribution in [2.45, 2.75) is 17.9 Å². The van der Waals surface area contributed by atoms with Gasteiger partial charge in [0.1, 0.15) is 0 Å². The highest BCUT2D eigenvalue weighted by atomic mass is 16.6. The minimum atomic E-state index is -0.787. The van der Waals surface area contributed by atoms with Crippen LogP contribution in [0.1, 0.15) is 23.5 Å². The molecule has 0 amide bonds. The van der Waals surface area contributed by atoms with E-state index in [1.807, 2.05) is 48.5 Å². The predicted octanol–water partition coefficient (Wildman–Crippen LogP) is 2.93. The largest absolute Gasteiger partial charge is 0.493 e. The van der Waals surface area contributed by atoms with Gasteiger partial charge < -0.3 is 14.2 Å². The van der Waals surface area contributed by atoms with Gasteiger partial charge in [-0.25, -0.2) is 9.79 Å². The molecule has 0 N–H and O–H groups in total. The van der Waals surface area contributed by atoms with E-state index < -0.39 is 5.54 Å². The number of aliphatic imine (C=N–C) groups is 1. The lowest BCUT2D eigenvalue weighted by Gasteiger charge is -2.10. The smallest absolute Gasteiger partial charge is 0.341 e. The summed E-state index contributed by atoms with van der Waals surface area (Å²) in [5.41, 5.74) is 1.04. The van der Waals surface area contributed by atoms with Crippen LogP contribution in [0.3, 0.4) is 0 Å². The number of hydrogen-bond donors (Lipinski definition) is 0. The fourth-order valence-corrected chi connectivity index (χ4v) is 3.19. The highest BCUT2D eigenvalue weighted by Crippen LogP contribution is 2.58.